The Balaban J connectivity index is 1.33. The Morgan fingerprint density at radius 3 is 2.30 bits per heavy atom. The van der Waals surface area contributed by atoms with E-state index in [4.69, 9.17) is 9.47 Å². The Kier molecular flexibility index (Phi) is 7.49. The topological polar surface area (TPSA) is 47.9 Å². The molecule has 4 aromatic carbocycles. The Morgan fingerprint density at radius 2 is 1.55 bits per heavy atom. The number of benzene rings is 4. The highest BCUT2D eigenvalue weighted by atomic mass is 16.5. The van der Waals surface area contributed by atoms with E-state index >= 15 is 0 Å². The van der Waals surface area contributed by atoms with Gasteiger partial charge >= 0.3 is 5.97 Å². The summed E-state index contributed by atoms with van der Waals surface area (Å²) >= 11 is 0. The fourth-order valence-corrected chi connectivity index (χ4v) is 3.42. The molecule has 0 amide bonds. The van der Waals surface area contributed by atoms with Gasteiger partial charge in [-0.05, 0) is 83.4 Å². The molecular weight excluding hydrogens is 410 g/mol. The largest absolute Gasteiger partial charge is 0.494 e. The number of rotatable bonds is 9. The molecule has 0 aliphatic rings. The molecule has 0 spiro atoms. The van der Waals surface area contributed by atoms with Crippen molar-refractivity contribution in [2.45, 2.75) is 26.2 Å². The molecule has 0 saturated heterocycles. The zero-order chi connectivity index (χ0) is 22.9. The van der Waals surface area contributed by atoms with Crippen molar-refractivity contribution in [2.75, 3.05) is 6.61 Å². The van der Waals surface area contributed by atoms with E-state index in [0.29, 0.717) is 17.9 Å². The highest BCUT2D eigenvalue weighted by Crippen LogP contribution is 2.21. The number of hydrogen-bond donors (Lipinski definition) is 0. The fraction of sp³-hybridized carbons (Fsp3) is 0.172. The van der Waals surface area contributed by atoms with Gasteiger partial charge in [0.1, 0.15) is 11.5 Å². The highest BCUT2D eigenvalue weighted by molar-refractivity contribution is 5.91. The molecule has 4 heteroatoms. The van der Waals surface area contributed by atoms with E-state index in [0.717, 1.165) is 41.6 Å². The van der Waals surface area contributed by atoms with Crippen LogP contribution in [0.4, 0.5) is 5.69 Å². The lowest BCUT2D eigenvalue weighted by atomic mass is 10.1. The molecule has 0 aliphatic carbocycles. The van der Waals surface area contributed by atoms with E-state index in [1.54, 1.807) is 42.6 Å². The van der Waals surface area contributed by atoms with Crippen molar-refractivity contribution in [1.82, 2.24) is 0 Å². The predicted molar refractivity (Wildman–Crippen MR) is 134 cm³/mol. The Hall–Kier alpha value is -3.92. The second kappa shape index (κ2) is 11.1. The lowest BCUT2D eigenvalue weighted by Gasteiger charge is -2.07. The molecule has 0 bridgehead atoms. The van der Waals surface area contributed by atoms with Crippen LogP contribution in [0.15, 0.2) is 96.0 Å². The van der Waals surface area contributed by atoms with Crippen LogP contribution in [0.1, 0.15) is 42.1 Å². The van der Waals surface area contributed by atoms with Gasteiger partial charge in [-0.2, -0.15) is 0 Å². The first kappa shape index (κ1) is 22.3. The minimum Gasteiger partial charge on any atom is -0.494 e. The summed E-state index contributed by atoms with van der Waals surface area (Å²) in [6.07, 6.45) is 5.14. The number of hydrogen-bond acceptors (Lipinski definition) is 4. The molecule has 0 heterocycles. The van der Waals surface area contributed by atoms with Gasteiger partial charge in [0, 0.05) is 6.21 Å². The maximum Gasteiger partial charge on any atom is 0.343 e. The molecule has 0 unspecified atom stereocenters. The maximum atomic E-state index is 12.4. The van der Waals surface area contributed by atoms with Crippen molar-refractivity contribution in [3.8, 4) is 11.5 Å². The van der Waals surface area contributed by atoms with Crippen LogP contribution in [0.3, 0.4) is 0 Å². The SMILES string of the molecule is CCCCCOc1ccc(C(=O)Oc2ccc(C=Nc3ccc4ccccc4c3)cc2)cc1. The van der Waals surface area contributed by atoms with E-state index in [1.165, 1.54) is 5.39 Å². The van der Waals surface area contributed by atoms with E-state index in [1.807, 2.05) is 30.3 Å². The van der Waals surface area contributed by atoms with Gasteiger partial charge in [-0.15, -0.1) is 0 Å². The number of aliphatic imine (C=N–C) groups is 1. The Morgan fingerprint density at radius 1 is 0.818 bits per heavy atom. The summed E-state index contributed by atoms with van der Waals surface area (Å²) in [7, 11) is 0. The van der Waals surface area contributed by atoms with Crippen LogP contribution in [-0.2, 0) is 0 Å². The molecule has 4 rings (SSSR count). The molecule has 0 radical (unpaired) electrons. The number of fused-ring (bicyclic) bond motifs is 1. The summed E-state index contributed by atoms with van der Waals surface area (Å²) < 4.78 is 11.2. The second-order valence-electron chi connectivity index (χ2n) is 7.83. The third kappa shape index (κ3) is 6.30. The van der Waals surface area contributed by atoms with Crippen molar-refractivity contribution in [1.29, 1.82) is 0 Å². The minimum absolute atomic E-state index is 0.398. The second-order valence-corrected chi connectivity index (χ2v) is 7.83. The monoisotopic (exact) mass is 437 g/mol. The zero-order valence-electron chi connectivity index (χ0n) is 18.7. The van der Waals surface area contributed by atoms with Crippen LogP contribution in [-0.4, -0.2) is 18.8 Å². The van der Waals surface area contributed by atoms with Crippen molar-refractivity contribution in [2.24, 2.45) is 4.99 Å². The van der Waals surface area contributed by atoms with Gasteiger partial charge in [-0.3, -0.25) is 4.99 Å². The first-order chi connectivity index (χ1) is 16.2. The lowest BCUT2D eigenvalue weighted by molar-refractivity contribution is 0.0734. The van der Waals surface area contributed by atoms with Crippen molar-refractivity contribution >= 4 is 28.6 Å². The van der Waals surface area contributed by atoms with Gasteiger partial charge in [-0.1, -0.05) is 50.1 Å². The molecule has 0 aliphatic heterocycles. The first-order valence-corrected chi connectivity index (χ1v) is 11.3. The fourth-order valence-electron chi connectivity index (χ4n) is 3.42. The minimum atomic E-state index is -0.398. The van der Waals surface area contributed by atoms with Gasteiger partial charge in [-0.25, -0.2) is 4.79 Å². The van der Waals surface area contributed by atoms with E-state index in [2.05, 4.69) is 36.2 Å². The summed E-state index contributed by atoms with van der Waals surface area (Å²) in [4.78, 5) is 17.0. The van der Waals surface area contributed by atoms with Gasteiger partial charge in [0.05, 0.1) is 17.9 Å². The van der Waals surface area contributed by atoms with Crippen molar-refractivity contribution in [3.63, 3.8) is 0 Å². The summed E-state index contributed by atoms with van der Waals surface area (Å²) in [5, 5.41) is 2.35. The van der Waals surface area contributed by atoms with Crippen molar-refractivity contribution in [3.05, 3.63) is 102 Å². The molecule has 33 heavy (non-hydrogen) atoms. The third-order valence-corrected chi connectivity index (χ3v) is 5.29. The molecule has 166 valence electrons. The van der Waals surface area contributed by atoms with Gasteiger partial charge in [0.25, 0.3) is 0 Å². The Labute approximate surface area is 194 Å². The highest BCUT2D eigenvalue weighted by Gasteiger charge is 2.09. The molecule has 0 N–H and O–H groups in total. The number of ether oxygens (including phenoxy) is 2. The maximum absolute atomic E-state index is 12.4. The van der Waals surface area contributed by atoms with Crippen molar-refractivity contribution < 1.29 is 14.3 Å². The standard InChI is InChI=1S/C29H27NO3/c1-2-3-6-19-32-27-17-12-24(13-18-27)29(31)33-28-15-9-22(10-16-28)21-30-26-14-11-23-7-4-5-8-25(23)20-26/h4-5,7-18,20-21H,2-3,6,19H2,1H3. The molecular formula is C29H27NO3. The molecule has 0 saturated carbocycles. The van der Waals surface area contributed by atoms with E-state index in [-0.39, 0.29) is 0 Å². The molecule has 0 aromatic heterocycles. The Bertz CT molecular complexity index is 1230. The molecule has 0 atom stereocenters. The number of carbonyl (C=O) groups excluding carboxylic acids is 1. The van der Waals surface area contributed by atoms with E-state index in [9.17, 15) is 4.79 Å². The average molecular weight is 438 g/mol. The predicted octanol–water partition coefficient (Wildman–Crippen LogP) is 7.38. The number of unbranched alkanes of at least 4 members (excludes halogenated alkanes) is 2. The zero-order valence-corrected chi connectivity index (χ0v) is 18.7. The van der Waals surface area contributed by atoms with Crippen LogP contribution < -0.4 is 9.47 Å². The van der Waals surface area contributed by atoms with Crippen LogP contribution in [0.25, 0.3) is 10.8 Å². The average Bonchev–Trinajstić information content (AvgIpc) is 2.86. The quantitative estimate of drug-likeness (QED) is 0.119. The summed E-state index contributed by atoms with van der Waals surface area (Å²) in [6.45, 7) is 2.85. The van der Waals surface area contributed by atoms with Crippen LogP contribution in [0.2, 0.25) is 0 Å². The summed E-state index contributed by atoms with van der Waals surface area (Å²) in [5.74, 6) is 0.852. The van der Waals surface area contributed by atoms with Crippen LogP contribution >= 0.6 is 0 Å². The van der Waals surface area contributed by atoms with Crippen LogP contribution in [0, 0.1) is 0 Å². The first-order valence-electron chi connectivity index (χ1n) is 11.3. The van der Waals surface area contributed by atoms with Gasteiger partial charge < -0.3 is 9.47 Å². The molecule has 4 nitrogen and oxygen atoms in total. The molecule has 4 aromatic rings. The van der Waals surface area contributed by atoms with Gasteiger partial charge in [0.2, 0.25) is 0 Å². The third-order valence-electron chi connectivity index (χ3n) is 5.29. The summed E-state index contributed by atoms with van der Waals surface area (Å²) in [5.41, 5.74) is 2.30. The summed E-state index contributed by atoms with van der Waals surface area (Å²) in [6, 6.07) is 28.7. The van der Waals surface area contributed by atoms with E-state index < -0.39 is 5.97 Å². The number of carbonyl (C=O) groups is 1. The molecule has 0 fully saturated rings. The number of nitrogens with zero attached hydrogens (tertiary/aromatic N) is 1. The van der Waals surface area contributed by atoms with Crippen LogP contribution in [0.5, 0.6) is 11.5 Å². The smallest absolute Gasteiger partial charge is 0.343 e. The normalized spacial score (nSPS) is 11.1. The lowest BCUT2D eigenvalue weighted by Crippen LogP contribution is -2.08. The number of esters is 1. The van der Waals surface area contributed by atoms with Gasteiger partial charge in [0.15, 0.2) is 0 Å².